The Bertz CT molecular complexity index is 52.0. The highest BCUT2D eigenvalue weighted by Gasteiger charge is 1.92. The van der Waals surface area contributed by atoms with Crippen molar-refractivity contribution in [2.45, 2.75) is 25.9 Å². The molecule has 0 fully saturated rings. The normalized spacial score (nSPS) is 13.4. The van der Waals surface area contributed by atoms with Crippen LogP contribution in [0.2, 0.25) is 0 Å². The fourth-order valence-corrected chi connectivity index (χ4v) is 0.313. The molecule has 0 radical (unpaired) electrons. The summed E-state index contributed by atoms with van der Waals surface area (Å²) in [6, 6.07) is 0. The first kappa shape index (κ1) is 6.60. The smallest absolute Gasteiger partial charge is 0.0977 e. The molecule has 0 aromatic rings. The Labute approximate surface area is 43.0 Å². The van der Waals surface area contributed by atoms with Gasteiger partial charge in [-0.25, -0.2) is 4.39 Å². The fourth-order valence-electron chi connectivity index (χ4n) is 0.313. The molecule has 7 heavy (non-hydrogen) atoms. The molecule has 1 atom stereocenters. The molecule has 0 bridgehead atoms. The van der Waals surface area contributed by atoms with Gasteiger partial charge in [-0.05, 0) is 26.0 Å². The van der Waals surface area contributed by atoms with Gasteiger partial charge in [-0.2, -0.15) is 0 Å². The lowest BCUT2D eigenvalue weighted by Crippen LogP contribution is -1.90. The lowest BCUT2D eigenvalue weighted by Gasteiger charge is -1.92. The molecule has 2 heteroatoms. The molecule has 1 N–H and O–H groups in total. The molecule has 0 aliphatic heterocycles. The predicted octanol–water partition coefficient (Wildman–Crippen LogP) is 1.77. The van der Waals surface area contributed by atoms with Gasteiger partial charge < -0.3 is 5.41 Å². The molecule has 1 unspecified atom stereocenters. The van der Waals surface area contributed by atoms with Crippen molar-refractivity contribution in [3.63, 3.8) is 0 Å². The molecular weight excluding hydrogens is 93.1 g/mol. The highest BCUT2D eigenvalue weighted by Crippen LogP contribution is 1.96. The van der Waals surface area contributed by atoms with Crippen molar-refractivity contribution in [1.82, 2.24) is 0 Å². The number of rotatable bonds is 3. The zero-order valence-corrected chi connectivity index (χ0v) is 4.45. The van der Waals surface area contributed by atoms with E-state index in [-0.39, 0.29) is 0 Å². The molecule has 0 spiro atoms. The molecule has 0 aromatic carbocycles. The maximum Gasteiger partial charge on any atom is 0.0977 e. The van der Waals surface area contributed by atoms with E-state index in [1.54, 1.807) is 0 Å². The van der Waals surface area contributed by atoms with Crippen molar-refractivity contribution in [1.29, 1.82) is 5.41 Å². The molecule has 42 valence electrons. The van der Waals surface area contributed by atoms with Crippen LogP contribution in [0.5, 0.6) is 0 Å². The Hall–Kier alpha value is -0.400. The SMILES string of the molecule is CC(F)CCC=N. The maximum absolute atomic E-state index is 11.8. The number of hydrogen-bond acceptors (Lipinski definition) is 1. The van der Waals surface area contributed by atoms with Gasteiger partial charge in [-0.1, -0.05) is 0 Å². The number of nitrogens with one attached hydrogen (secondary N) is 1. The van der Waals surface area contributed by atoms with Gasteiger partial charge in [-0.15, -0.1) is 0 Å². The minimum Gasteiger partial charge on any atom is -0.313 e. The van der Waals surface area contributed by atoms with E-state index in [1.807, 2.05) is 0 Å². The molecule has 0 heterocycles. The summed E-state index contributed by atoms with van der Waals surface area (Å²) >= 11 is 0. The third-order valence-electron chi connectivity index (χ3n) is 0.709. The zero-order chi connectivity index (χ0) is 5.70. The Morgan fingerprint density at radius 2 is 2.43 bits per heavy atom. The molecule has 0 saturated heterocycles. The van der Waals surface area contributed by atoms with E-state index in [1.165, 1.54) is 13.1 Å². The van der Waals surface area contributed by atoms with Gasteiger partial charge in [0, 0.05) is 0 Å². The molecule has 0 aromatic heterocycles. The highest BCUT2D eigenvalue weighted by atomic mass is 19.1. The van der Waals surface area contributed by atoms with Crippen LogP contribution in [0.15, 0.2) is 0 Å². The second-order valence-corrected chi connectivity index (χ2v) is 1.56. The van der Waals surface area contributed by atoms with Gasteiger partial charge in [0.1, 0.15) is 0 Å². The average Bonchev–Trinajstić information content (AvgIpc) is 1.61. The molecule has 1 nitrogen and oxygen atoms in total. The van der Waals surface area contributed by atoms with Crippen LogP contribution in [0.25, 0.3) is 0 Å². The van der Waals surface area contributed by atoms with E-state index in [2.05, 4.69) is 0 Å². The van der Waals surface area contributed by atoms with E-state index in [0.29, 0.717) is 12.8 Å². The predicted molar refractivity (Wildman–Crippen MR) is 28.6 cm³/mol. The lowest BCUT2D eigenvalue weighted by atomic mass is 10.2. The Morgan fingerprint density at radius 1 is 1.86 bits per heavy atom. The minimum atomic E-state index is -0.749. The molecular formula is C5H10FN. The summed E-state index contributed by atoms with van der Waals surface area (Å²) in [6.07, 6.45) is 1.54. The van der Waals surface area contributed by atoms with Crippen LogP contribution in [0.1, 0.15) is 19.8 Å². The summed E-state index contributed by atoms with van der Waals surface area (Å²) in [5, 5.41) is 6.50. The molecule has 0 amide bonds. The number of hydrogen-bond donors (Lipinski definition) is 1. The van der Waals surface area contributed by atoms with Crippen LogP contribution in [-0.4, -0.2) is 12.4 Å². The fraction of sp³-hybridized carbons (Fsp3) is 0.800. The second-order valence-electron chi connectivity index (χ2n) is 1.56. The standard InChI is InChI=1S/C5H10FN/c1-5(6)3-2-4-7/h4-5,7H,2-3H2,1H3. The van der Waals surface area contributed by atoms with E-state index in [0.717, 1.165) is 0 Å². The largest absolute Gasteiger partial charge is 0.313 e. The average molecular weight is 103 g/mol. The Kier molecular flexibility index (Phi) is 3.56. The van der Waals surface area contributed by atoms with E-state index in [4.69, 9.17) is 5.41 Å². The van der Waals surface area contributed by atoms with Gasteiger partial charge in [0.25, 0.3) is 0 Å². The van der Waals surface area contributed by atoms with Crippen LogP contribution in [0.3, 0.4) is 0 Å². The molecule has 0 saturated carbocycles. The van der Waals surface area contributed by atoms with Crippen LogP contribution < -0.4 is 0 Å². The van der Waals surface area contributed by atoms with Crippen molar-refractivity contribution in [3.8, 4) is 0 Å². The minimum absolute atomic E-state index is 0.490. The Balaban J connectivity index is 2.81. The van der Waals surface area contributed by atoms with E-state index >= 15 is 0 Å². The third-order valence-corrected chi connectivity index (χ3v) is 0.709. The summed E-state index contributed by atoms with van der Waals surface area (Å²) < 4.78 is 11.8. The Morgan fingerprint density at radius 3 is 2.57 bits per heavy atom. The summed E-state index contributed by atoms with van der Waals surface area (Å²) in [5.41, 5.74) is 0. The summed E-state index contributed by atoms with van der Waals surface area (Å²) in [5.74, 6) is 0. The summed E-state index contributed by atoms with van der Waals surface area (Å²) in [7, 11) is 0. The highest BCUT2D eigenvalue weighted by molar-refractivity contribution is 5.52. The van der Waals surface area contributed by atoms with Gasteiger partial charge in [0.15, 0.2) is 0 Å². The van der Waals surface area contributed by atoms with Crippen molar-refractivity contribution in [2.24, 2.45) is 0 Å². The van der Waals surface area contributed by atoms with E-state index in [9.17, 15) is 4.39 Å². The van der Waals surface area contributed by atoms with Gasteiger partial charge >= 0.3 is 0 Å². The van der Waals surface area contributed by atoms with Crippen molar-refractivity contribution >= 4 is 6.21 Å². The van der Waals surface area contributed by atoms with Crippen molar-refractivity contribution < 1.29 is 4.39 Å². The monoisotopic (exact) mass is 103 g/mol. The first-order valence-electron chi connectivity index (χ1n) is 2.40. The number of alkyl halides is 1. The van der Waals surface area contributed by atoms with Crippen LogP contribution >= 0.6 is 0 Å². The summed E-state index contributed by atoms with van der Waals surface area (Å²) in [6.45, 7) is 1.50. The quantitative estimate of drug-likeness (QED) is 0.526. The van der Waals surface area contributed by atoms with Gasteiger partial charge in [0.2, 0.25) is 0 Å². The summed E-state index contributed by atoms with van der Waals surface area (Å²) in [4.78, 5) is 0. The third kappa shape index (κ3) is 5.60. The number of halogens is 1. The van der Waals surface area contributed by atoms with Gasteiger partial charge in [-0.3, -0.25) is 0 Å². The second kappa shape index (κ2) is 3.78. The van der Waals surface area contributed by atoms with Crippen molar-refractivity contribution in [2.75, 3.05) is 0 Å². The van der Waals surface area contributed by atoms with Crippen LogP contribution in [0.4, 0.5) is 4.39 Å². The molecule has 0 rings (SSSR count). The topological polar surface area (TPSA) is 23.9 Å². The maximum atomic E-state index is 11.8. The first-order chi connectivity index (χ1) is 3.27. The van der Waals surface area contributed by atoms with Gasteiger partial charge in [0.05, 0.1) is 6.17 Å². The zero-order valence-electron chi connectivity index (χ0n) is 4.45. The van der Waals surface area contributed by atoms with Crippen LogP contribution in [0, 0.1) is 5.41 Å². The van der Waals surface area contributed by atoms with Crippen molar-refractivity contribution in [3.05, 3.63) is 0 Å². The lowest BCUT2D eigenvalue weighted by molar-refractivity contribution is 0.346. The molecule has 0 aliphatic rings. The van der Waals surface area contributed by atoms with Crippen LogP contribution in [-0.2, 0) is 0 Å². The molecule has 0 aliphatic carbocycles. The van der Waals surface area contributed by atoms with E-state index < -0.39 is 6.17 Å². The first-order valence-corrected chi connectivity index (χ1v) is 2.40.